The number of quaternary nitrogens is 1. The fourth-order valence-corrected chi connectivity index (χ4v) is 4.48. The van der Waals surface area contributed by atoms with Crippen LogP contribution in [-0.2, 0) is 10.0 Å². The average molecular weight is 405 g/mol. The number of carbonyl (C=O) groups excluding carboxylic acids is 1. The Morgan fingerprint density at radius 2 is 1.68 bits per heavy atom. The van der Waals surface area contributed by atoms with Crippen molar-refractivity contribution in [2.75, 3.05) is 45.2 Å². The predicted octanol–water partition coefficient (Wildman–Crippen LogP) is 0.857. The topological polar surface area (TPSA) is 80.1 Å². The van der Waals surface area contributed by atoms with Crippen molar-refractivity contribution >= 4 is 21.6 Å². The van der Waals surface area contributed by atoms with Crippen molar-refractivity contribution in [3.63, 3.8) is 0 Å². The molecule has 150 valence electrons. The molecule has 0 aliphatic carbocycles. The zero-order valence-electron chi connectivity index (χ0n) is 16.1. The number of amides is 1. The van der Waals surface area contributed by atoms with Crippen LogP contribution in [-0.4, -0.2) is 58.5 Å². The molecule has 0 aromatic heterocycles. The van der Waals surface area contributed by atoms with E-state index >= 15 is 0 Å². The fraction of sp³-hybridized carbons (Fsp3) is 0.350. The molecular weight excluding hydrogens is 378 g/mol. The molecule has 28 heavy (non-hydrogen) atoms. The molecule has 0 radical (unpaired) electrons. The summed E-state index contributed by atoms with van der Waals surface area (Å²) in [5.74, 6) is 0.444. The molecular formula is C20H26N3O4S+. The van der Waals surface area contributed by atoms with Crippen LogP contribution < -0.4 is 15.0 Å². The fourth-order valence-electron chi connectivity index (χ4n) is 3.04. The maximum Gasteiger partial charge on any atom is 0.255 e. The first-order valence-electron chi connectivity index (χ1n) is 9.36. The van der Waals surface area contributed by atoms with Gasteiger partial charge in [0.25, 0.3) is 5.91 Å². The Morgan fingerprint density at radius 1 is 1.07 bits per heavy atom. The summed E-state index contributed by atoms with van der Waals surface area (Å²) < 4.78 is 32.4. The molecule has 2 aromatic rings. The van der Waals surface area contributed by atoms with Crippen LogP contribution in [0.25, 0.3) is 0 Å². The van der Waals surface area contributed by atoms with Crippen molar-refractivity contribution in [1.82, 2.24) is 4.31 Å². The van der Waals surface area contributed by atoms with Crippen LogP contribution in [0.1, 0.15) is 17.3 Å². The number of nitrogens with zero attached hydrogens (tertiary/aromatic N) is 1. The van der Waals surface area contributed by atoms with E-state index in [1.165, 1.54) is 21.3 Å². The average Bonchev–Trinajstić information content (AvgIpc) is 2.69. The van der Waals surface area contributed by atoms with Gasteiger partial charge in [0.1, 0.15) is 5.75 Å². The highest BCUT2D eigenvalue weighted by molar-refractivity contribution is 7.89. The van der Waals surface area contributed by atoms with Gasteiger partial charge < -0.3 is 15.0 Å². The Bertz CT molecular complexity index is 903. The largest absolute Gasteiger partial charge is 0.494 e. The first-order chi connectivity index (χ1) is 13.4. The first kappa shape index (κ1) is 20.3. The van der Waals surface area contributed by atoms with Gasteiger partial charge in [0.15, 0.2) is 0 Å². The number of likely N-dealkylation sites (N-methyl/N-ethyl adjacent to an activating group) is 1. The number of piperazine rings is 1. The lowest BCUT2D eigenvalue weighted by Crippen LogP contribution is -3.12. The quantitative estimate of drug-likeness (QED) is 0.748. The second kappa shape index (κ2) is 8.72. The van der Waals surface area contributed by atoms with Crippen LogP contribution in [0.4, 0.5) is 5.69 Å². The number of ether oxygens (including phenoxy) is 1. The normalized spacial score (nSPS) is 15.9. The zero-order valence-corrected chi connectivity index (χ0v) is 17.0. The Morgan fingerprint density at radius 3 is 2.25 bits per heavy atom. The van der Waals surface area contributed by atoms with Gasteiger partial charge in [-0.2, -0.15) is 4.31 Å². The van der Waals surface area contributed by atoms with Crippen LogP contribution in [0.15, 0.2) is 53.4 Å². The van der Waals surface area contributed by atoms with Crippen molar-refractivity contribution < 1.29 is 22.8 Å². The number of sulfonamides is 1. The van der Waals surface area contributed by atoms with Gasteiger partial charge in [0.05, 0.1) is 44.7 Å². The van der Waals surface area contributed by atoms with Crippen molar-refractivity contribution in [2.24, 2.45) is 0 Å². The lowest BCUT2D eigenvalue weighted by atomic mass is 10.2. The number of benzene rings is 2. The van der Waals surface area contributed by atoms with E-state index in [1.54, 1.807) is 36.4 Å². The number of anilines is 1. The van der Waals surface area contributed by atoms with E-state index in [0.717, 1.165) is 13.1 Å². The maximum absolute atomic E-state index is 12.8. The second-order valence-corrected chi connectivity index (χ2v) is 8.74. The molecule has 0 bridgehead atoms. The molecule has 1 amide bonds. The molecule has 3 rings (SSSR count). The smallest absolute Gasteiger partial charge is 0.255 e. The minimum atomic E-state index is -3.50. The summed E-state index contributed by atoms with van der Waals surface area (Å²) in [5.41, 5.74) is 1.04. The monoisotopic (exact) mass is 404 g/mol. The summed E-state index contributed by atoms with van der Waals surface area (Å²) in [4.78, 5) is 13.9. The lowest BCUT2D eigenvalue weighted by molar-refractivity contribution is -0.883. The van der Waals surface area contributed by atoms with Crippen LogP contribution in [0.3, 0.4) is 0 Å². The Balaban J connectivity index is 1.66. The zero-order chi connectivity index (χ0) is 20.1. The van der Waals surface area contributed by atoms with E-state index in [4.69, 9.17) is 4.74 Å². The van der Waals surface area contributed by atoms with Gasteiger partial charge in [-0.05, 0) is 55.5 Å². The lowest BCUT2D eigenvalue weighted by Gasteiger charge is -2.29. The Kier molecular flexibility index (Phi) is 6.33. The Labute approximate surface area is 166 Å². The van der Waals surface area contributed by atoms with E-state index in [-0.39, 0.29) is 10.8 Å². The third kappa shape index (κ3) is 4.70. The van der Waals surface area contributed by atoms with Crippen molar-refractivity contribution in [3.8, 4) is 5.75 Å². The molecule has 1 fully saturated rings. The number of hydrogen-bond acceptors (Lipinski definition) is 4. The summed E-state index contributed by atoms with van der Waals surface area (Å²) >= 11 is 0. The predicted molar refractivity (Wildman–Crippen MR) is 107 cm³/mol. The third-order valence-electron chi connectivity index (χ3n) is 4.75. The van der Waals surface area contributed by atoms with Crippen molar-refractivity contribution in [3.05, 3.63) is 54.1 Å². The van der Waals surface area contributed by atoms with Gasteiger partial charge in [-0.15, -0.1) is 0 Å². The summed E-state index contributed by atoms with van der Waals surface area (Å²) in [7, 11) is -1.44. The van der Waals surface area contributed by atoms with E-state index in [2.05, 4.69) is 12.4 Å². The van der Waals surface area contributed by atoms with E-state index in [1.807, 2.05) is 6.92 Å². The molecule has 1 aliphatic heterocycles. The molecule has 1 aliphatic rings. The molecule has 0 atom stereocenters. The molecule has 8 heteroatoms. The van der Waals surface area contributed by atoms with Gasteiger partial charge in [0.2, 0.25) is 10.0 Å². The highest BCUT2D eigenvalue weighted by Gasteiger charge is 2.29. The standard InChI is InChI=1S/C20H25N3O4S/c1-3-27-18-8-4-16(5-9-18)20(24)21-17-6-10-19(11-7-17)28(25,26)23-14-12-22(2)13-15-23/h4-11H,3,12-15H2,1-2H3,(H,21,24)/p+1. The van der Waals surface area contributed by atoms with Crippen LogP contribution in [0.5, 0.6) is 5.75 Å². The van der Waals surface area contributed by atoms with Crippen LogP contribution in [0.2, 0.25) is 0 Å². The van der Waals surface area contributed by atoms with E-state index in [9.17, 15) is 13.2 Å². The number of rotatable bonds is 6. The SMILES string of the molecule is CCOc1ccc(C(=O)Nc2ccc(S(=O)(=O)N3CC[NH+](C)CC3)cc2)cc1. The summed E-state index contributed by atoms with van der Waals surface area (Å²) in [6.07, 6.45) is 0. The number of hydrogen-bond donors (Lipinski definition) is 2. The van der Waals surface area contributed by atoms with Gasteiger partial charge in [-0.25, -0.2) is 8.42 Å². The van der Waals surface area contributed by atoms with E-state index in [0.29, 0.717) is 36.7 Å². The molecule has 1 heterocycles. The minimum absolute atomic E-state index is 0.242. The highest BCUT2D eigenvalue weighted by Crippen LogP contribution is 2.19. The highest BCUT2D eigenvalue weighted by atomic mass is 32.2. The Hall–Kier alpha value is -2.42. The van der Waals surface area contributed by atoms with Gasteiger partial charge in [-0.1, -0.05) is 0 Å². The summed E-state index contributed by atoms with van der Waals surface area (Å²) in [5, 5.41) is 2.78. The molecule has 2 N–H and O–H groups in total. The van der Waals surface area contributed by atoms with E-state index < -0.39 is 10.0 Å². The first-order valence-corrected chi connectivity index (χ1v) is 10.8. The maximum atomic E-state index is 12.8. The molecule has 2 aromatic carbocycles. The second-order valence-electron chi connectivity index (χ2n) is 6.80. The molecule has 0 spiro atoms. The summed E-state index contributed by atoms with van der Waals surface area (Å²) in [6, 6.07) is 13.2. The molecule has 7 nitrogen and oxygen atoms in total. The van der Waals surface area contributed by atoms with Crippen molar-refractivity contribution in [2.45, 2.75) is 11.8 Å². The molecule has 0 saturated carbocycles. The third-order valence-corrected chi connectivity index (χ3v) is 6.67. The van der Waals surface area contributed by atoms with Crippen LogP contribution >= 0.6 is 0 Å². The summed E-state index contributed by atoms with van der Waals surface area (Å²) in [6.45, 7) is 5.10. The van der Waals surface area contributed by atoms with Crippen LogP contribution in [0, 0.1) is 0 Å². The van der Waals surface area contributed by atoms with Crippen molar-refractivity contribution in [1.29, 1.82) is 0 Å². The number of nitrogens with one attached hydrogen (secondary N) is 2. The number of carbonyl (C=O) groups is 1. The molecule has 0 unspecified atom stereocenters. The van der Waals surface area contributed by atoms with Gasteiger partial charge >= 0.3 is 0 Å². The minimum Gasteiger partial charge on any atom is -0.494 e. The van der Waals surface area contributed by atoms with Gasteiger partial charge in [0, 0.05) is 11.3 Å². The van der Waals surface area contributed by atoms with Gasteiger partial charge in [-0.3, -0.25) is 4.79 Å². The molecule has 1 saturated heterocycles.